The molecule has 2 nitrogen and oxygen atoms in total. The number of hydrogen-bond donors (Lipinski definition) is 1. The minimum absolute atomic E-state index is 0.438. The standard InChI is InChI=1S/C11H18BrNOS/c1-3-14-8-9(2)13-7-6-10-4-5-11(12)15-10/h4-5,9,13H,3,6-8H2,1-2H3. The zero-order valence-corrected chi connectivity index (χ0v) is 11.7. The van der Waals surface area contributed by atoms with Gasteiger partial charge in [-0.1, -0.05) is 0 Å². The molecule has 0 aliphatic heterocycles. The summed E-state index contributed by atoms with van der Waals surface area (Å²) in [6, 6.07) is 4.71. The molecular weight excluding hydrogens is 274 g/mol. The van der Waals surface area contributed by atoms with Gasteiger partial charge < -0.3 is 10.1 Å². The molecule has 0 saturated carbocycles. The summed E-state index contributed by atoms with van der Waals surface area (Å²) in [4.78, 5) is 1.41. The monoisotopic (exact) mass is 291 g/mol. The van der Waals surface area contributed by atoms with Crippen molar-refractivity contribution in [3.63, 3.8) is 0 Å². The highest BCUT2D eigenvalue weighted by Gasteiger charge is 2.01. The maximum Gasteiger partial charge on any atom is 0.0701 e. The Labute approximate surface area is 104 Å². The summed E-state index contributed by atoms with van der Waals surface area (Å²) >= 11 is 5.27. The number of hydrogen-bond acceptors (Lipinski definition) is 3. The van der Waals surface area contributed by atoms with E-state index in [4.69, 9.17) is 4.74 Å². The molecule has 0 bridgehead atoms. The lowest BCUT2D eigenvalue weighted by Crippen LogP contribution is -2.32. The Hall–Kier alpha value is 0.1000. The van der Waals surface area contributed by atoms with Gasteiger partial charge in [-0.25, -0.2) is 0 Å². The maximum absolute atomic E-state index is 5.33. The second kappa shape index (κ2) is 7.39. The van der Waals surface area contributed by atoms with Crippen LogP contribution in [0.3, 0.4) is 0 Å². The summed E-state index contributed by atoms with van der Waals surface area (Å²) in [5.41, 5.74) is 0. The summed E-state index contributed by atoms with van der Waals surface area (Å²) in [6.07, 6.45) is 1.09. The van der Waals surface area contributed by atoms with E-state index in [1.54, 1.807) is 11.3 Å². The molecule has 4 heteroatoms. The fourth-order valence-electron chi connectivity index (χ4n) is 1.28. The Morgan fingerprint density at radius 3 is 2.93 bits per heavy atom. The quantitative estimate of drug-likeness (QED) is 0.834. The van der Waals surface area contributed by atoms with Crippen LogP contribution in [0, 0.1) is 0 Å². The van der Waals surface area contributed by atoms with Crippen molar-refractivity contribution < 1.29 is 4.74 Å². The molecule has 0 amide bonds. The summed E-state index contributed by atoms with van der Waals surface area (Å²) in [5, 5.41) is 3.44. The molecule has 86 valence electrons. The Bertz CT molecular complexity index is 277. The third-order valence-corrected chi connectivity index (χ3v) is 3.75. The van der Waals surface area contributed by atoms with Gasteiger partial charge in [0.25, 0.3) is 0 Å². The van der Waals surface area contributed by atoms with Crippen LogP contribution in [-0.4, -0.2) is 25.8 Å². The molecule has 1 aromatic heterocycles. The van der Waals surface area contributed by atoms with Gasteiger partial charge >= 0.3 is 0 Å². The molecule has 0 spiro atoms. The van der Waals surface area contributed by atoms with Crippen LogP contribution in [0.4, 0.5) is 0 Å². The van der Waals surface area contributed by atoms with Crippen molar-refractivity contribution in [1.29, 1.82) is 0 Å². The van der Waals surface area contributed by atoms with Crippen molar-refractivity contribution in [3.05, 3.63) is 20.8 Å². The lowest BCUT2D eigenvalue weighted by atomic mass is 10.3. The summed E-state index contributed by atoms with van der Waals surface area (Å²) in [6.45, 7) is 6.78. The van der Waals surface area contributed by atoms with Gasteiger partial charge in [0.2, 0.25) is 0 Å². The highest BCUT2D eigenvalue weighted by atomic mass is 79.9. The normalized spacial score (nSPS) is 13.0. The number of rotatable bonds is 7. The molecule has 0 fully saturated rings. The molecule has 0 radical (unpaired) electrons. The fraction of sp³-hybridized carbons (Fsp3) is 0.636. The SMILES string of the molecule is CCOCC(C)NCCc1ccc(Br)s1. The minimum Gasteiger partial charge on any atom is -0.380 e. The first-order valence-corrected chi connectivity index (χ1v) is 6.88. The van der Waals surface area contributed by atoms with Gasteiger partial charge in [-0.3, -0.25) is 0 Å². The first-order chi connectivity index (χ1) is 7.22. The molecule has 0 aliphatic rings. The Balaban J connectivity index is 2.10. The lowest BCUT2D eigenvalue weighted by Gasteiger charge is -2.12. The zero-order valence-electron chi connectivity index (χ0n) is 9.25. The highest BCUT2D eigenvalue weighted by molar-refractivity contribution is 9.11. The zero-order chi connectivity index (χ0) is 11.1. The average Bonchev–Trinajstić information content (AvgIpc) is 2.61. The Morgan fingerprint density at radius 1 is 1.53 bits per heavy atom. The van der Waals surface area contributed by atoms with E-state index in [1.807, 2.05) is 6.92 Å². The lowest BCUT2D eigenvalue weighted by molar-refractivity contribution is 0.127. The van der Waals surface area contributed by atoms with Gasteiger partial charge in [-0.2, -0.15) is 0 Å². The summed E-state index contributed by atoms with van der Waals surface area (Å²) < 4.78 is 6.54. The maximum atomic E-state index is 5.33. The topological polar surface area (TPSA) is 21.3 Å². The van der Waals surface area contributed by atoms with E-state index in [1.165, 1.54) is 8.66 Å². The second-order valence-electron chi connectivity index (χ2n) is 3.47. The van der Waals surface area contributed by atoms with E-state index in [-0.39, 0.29) is 0 Å². The first kappa shape index (κ1) is 13.2. The molecule has 15 heavy (non-hydrogen) atoms. The van der Waals surface area contributed by atoms with Crippen LogP contribution in [0.1, 0.15) is 18.7 Å². The van der Waals surface area contributed by atoms with Crippen molar-refractivity contribution in [2.24, 2.45) is 0 Å². The van der Waals surface area contributed by atoms with Crippen LogP contribution in [0.15, 0.2) is 15.9 Å². The van der Waals surface area contributed by atoms with Crippen LogP contribution >= 0.6 is 27.3 Å². The van der Waals surface area contributed by atoms with Crippen LogP contribution in [0.5, 0.6) is 0 Å². The third kappa shape index (κ3) is 5.66. The molecule has 0 aliphatic carbocycles. The third-order valence-electron chi connectivity index (χ3n) is 2.07. The van der Waals surface area contributed by atoms with Crippen molar-refractivity contribution >= 4 is 27.3 Å². The first-order valence-electron chi connectivity index (χ1n) is 5.27. The van der Waals surface area contributed by atoms with E-state index in [2.05, 4.69) is 40.3 Å². The summed E-state index contributed by atoms with van der Waals surface area (Å²) in [5.74, 6) is 0. The van der Waals surface area contributed by atoms with Gasteiger partial charge in [-0.05, 0) is 48.3 Å². The van der Waals surface area contributed by atoms with Crippen LogP contribution in [0.2, 0.25) is 0 Å². The van der Waals surface area contributed by atoms with E-state index >= 15 is 0 Å². The van der Waals surface area contributed by atoms with Gasteiger partial charge in [0.05, 0.1) is 10.4 Å². The molecule has 1 N–H and O–H groups in total. The molecular formula is C11H18BrNOS. The van der Waals surface area contributed by atoms with Crippen LogP contribution in [0.25, 0.3) is 0 Å². The predicted molar refractivity (Wildman–Crippen MR) is 69.7 cm³/mol. The Morgan fingerprint density at radius 2 is 2.33 bits per heavy atom. The average molecular weight is 292 g/mol. The van der Waals surface area contributed by atoms with Gasteiger partial charge in [0.15, 0.2) is 0 Å². The molecule has 1 atom stereocenters. The van der Waals surface area contributed by atoms with E-state index < -0.39 is 0 Å². The molecule has 1 aromatic rings. The Kier molecular flexibility index (Phi) is 6.48. The minimum atomic E-state index is 0.438. The van der Waals surface area contributed by atoms with Gasteiger partial charge in [0, 0.05) is 24.1 Å². The van der Waals surface area contributed by atoms with Crippen LogP contribution < -0.4 is 5.32 Å². The van der Waals surface area contributed by atoms with Crippen molar-refractivity contribution in [3.8, 4) is 0 Å². The smallest absolute Gasteiger partial charge is 0.0701 e. The van der Waals surface area contributed by atoms with E-state index in [0.29, 0.717) is 6.04 Å². The number of halogens is 1. The van der Waals surface area contributed by atoms with Gasteiger partial charge in [0.1, 0.15) is 0 Å². The van der Waals surface area contributed by atoms with E-state index in [9.17, 15) is 0 Å². The molecule has 0 aromatic carbocycles. The van der Waals surface area contributed by atoms with Crippen molar-refractivity contribution in [2.75, 3.05) is 19.8 Å². The largest absolute Gasteiger partial charge is 0.380 e. The van der Waals surface area contributed by atoms with Crippen molar-refractivity contribution in [1.82, 2.24) is 5.32 Å². The number of thiophene rings is 1. The number of nitrogens with one attached hydrogen (secondary N) is 1. The van der Waals surface area contributed by atoms with Crippen molar-refractivity contribution in [2.45, 2.75) is 26.3 Å². The molecule has 1 heterocycles. The molecule has 1 rings (SSSR count). The van der Waals surface area contributed by atoms with Gasteiger partial charge in [-0.15, -0.1) is 11.3 Å². The highest BCUT2D eigenvalue weighted by Crippen LogP contribution is 2.21. The number of ether oxygens (including phenoxy) is 1. The summed E-state index contributed by atoms with van der Waals surface area (Å²) in [7, 11) is 0. The second-order valence-corrected chi connectivity index (χ2v) is 6.02. The fourth-order valence-corrected chi connectivity index (χ4v) is 2.76. The predicted octanol–water partition coefficient (Wildman–Crippen LogP) is 3.07. The molecule has 1 unspecified atom stereocenters. The van der Waals surface area contributed by atoms with Crippen LogP contribution in [-0.2, 0) is 11.2 Å². The molecule has 0 saturated heterocycles. The van der Waals surface area contributed by atoms with E-state index in [0.717, 1.165) is 26.2 Å².